The number of amides is 1. The van der Waals surface area contributed by atoms with Crippen LogP contribution in [-0.4, -0.2) is 25.0 Å². The Morgan fingerprint density at radius 1 is 1.46 bits per heavy atom. The van der Waals surface area contributed by atoms with Gasteiger partial charge in [-0.3, -0.25) is 4.79 Å². The number of rotatable bonds is 6. The molecule has 4 heteroatoms. The Morgan fingerprint density at radius 3 is 2.69 bits per heavy atom. The van der Waals surface area contributed by atoms with Gasteiger partial charge in [0.05, 0.1) is 6.07 Å². The van der Waals surface area contributed by atoms with E-state index in [2.05, 4.69) is 10.6 Å². The van der Waals surface area contributed by atoms with Crippen LogP contribution in [-0.2, 0) is 4.79 Å². The summed E-state index contributed by atoms with van der Waals surface area (Å²) in [5.41, 5.74) is 0. The van der Waals surface area contributed by atoms with Crippen molar-refractivity contribution in [3.8, 4) is 6.07 Å². The van der Waals surface area contributed by atoms with Gasteiger partial charge in [0.25, 0.3) is 0 Å². The molecule has 0 heterocycles. The third kappa shape index (κ3) is 8.83. The van der Waals surface area contributed by atoms with Crippen LogP contribution in [0.1, 0.15) is 26.7 Å². The van der Waals surface area contributed by atoms with Crippen molar-refractivity contribution < 1.29 is 4.79 Å². The largest absolute Gasteiger partial charge is 0.354 e. The van der Waals surface area contributed by atoms with E-state index in [9.17, 15) is 4.79 Å². The number of hydrogen-bond donors (Lipinski definition) is 2. The van der Waals surface area contributed by atoms with Crippen molar-refractivity contribution in [2.75, 3.05) is 13.1 Å². The maximum absolute atomic E-state index is 11.1. The molecule has 0 saturated heterocycles. The average molecular weight is 183 g/mol. The second-order valence-corrected chi connectivity index (χ2v) is 3.13. The zero-order chi connectivity index (χ0) is 10.1. The third-order valence-corrected chi connectivity index (χ3v) is 1.39. The summed E-state index contributed by atoms with van der Waals surface area (Å²) in [6.07, 6.45) is 0.968. The minimum absolute atomic E-state index is 0.0551. The van der Waals surface area contributed by atoms with E-state index in [0.717, 1.165) is 0 Å². The summed E-state index contributed by atoms with van der Waals surface area (Å²) in [5, 5.41) is 14.0. The first kappa shape index (κ1) is 11.9. The summed E-state index contributed by atoms with van der Waals surface area (Å²) in [5.74, 6) is 0.0551. The molecule has 2 N–H and O–H groups in total. The van der Waals surface area contributed by atoms with Crippen molar-refractivity contribution in [1.82, 2.24) is 10.6 Å². The molecule has 1 amide bonds. The van der Waals surface area contributed by atoms with Gasteiger partial charge in [0.2, 0.25) is 5.91 Å². The smallest absolute Gasteiger partial charge is 0.221 e. The van der Waals surface area contributed by atoms with Crippen LogP contribution in [0, 0.1) is 11.3 Å². The van der Waals surface area contributed by atoms with Crippen LogP contribution in [0.25, 0.3) is 0 Å². The Labute approximate surface area is 79.3 Å². The van der Waals surface area contributed by atoms with E-state index in [1.165, 1.54) is 0 Å². The molecule has 13 heavy (non-hydrogen) atoms. The number of nitrogens with zero attached hydrogens (tertiary/aromatic N) is 1. The Bertz CT molecular complexity index is 184. The van der Waals surface area contributed by atoms with Gasteiger partial charge in [0.15, 0.2) is 0 Å². The Balaban J connectivity index is 3.23. The minimum atomic E-state index is 0.0551. The predicted molar refractivity (Wildman–Crippen MR) is 51.0 cm³/mol. The molecule has 0 aromatic rings. The highest BCUT2D eigenvalue weighted by Crippen LogP contribution is 1.82. The quantitative estimate of drug-likeness (QED) is 0.586. The average Bonchev–Trinajstić information content (AvgIpc) is 2.02. The first-order valence-corrected chi connectivity index (χ1v) is 4.54. The molecular formula is C9H17N3O. The molecule has 0 rings (SSSR count). The van der Waals surface area contributed by atoms with Gasteiger partial charge < -0.3 is 10.6 Å². The first-order valence-electron chi connectivity index (χ1n) is 4.54. The lowest BCUT2D eigenvalue weighted by atomic mass is 10.3. The zero-order valence-corrected chi connectivity index (χ0v) is 8.26. The lowest BCUT2D eigenvalue weighted by Gasteiger charge is -2.07. The minimum Gasteiger partial charge on any atom is -0.354 e. The maximum Gasteiger partial charge on any atom is 0.221 e. The van der Waals surface area contributed by atoms with Crippen molar-refractivity contribution in [3.63, 3.8) is 0 Å². The van der Waals surface area contributed by atoms with Gasteiger partial charge in [-0.25, -0.2) is 0 Å². The van der Waals surface area contributed by atoms with Crippen molar-refractivity contribution in [3.05, 3.63) is 0 Å². The maximum atomic E-state index is 11.1. The van der Waals surface area contributed by atoms with E-state index in [1.807, 2.05) is 19.9 Å². The molecule has 4 nitrogen and oxygen atoms in total. The molecule has 0 aromatic heterocycles. The second kappa shape index (κ2) is 7.56. The summed E-state index contributed by atoms with van der Waals surface area (Å²) in [6, 6.07) is 2.23. The number of carbonyl (C=O) groups excluding carboxylic acids is 1. The molecule has 0 spiro atoms. The van der Waals surface area contributed by atoms with E-state index in [-0.39, 0.29) is 11.9 Å². The van der Waals surface area contributed by atoms with E-state index >= 15 is 0 Å². The Hall–Kier alpha value is -1.08. The van der Waals surface area contributed by atoms with Crippen LogP contribution in [0.2, 0.25) is 0 Å². The summed E-state index contributed by atoms with van der Waals surface area (Å²) in [6.45, 7) is 5.16. The number of nitriles is 1. The Kier molecular flexibility index (Phi) is 6.93. The van der Waals surface area contributed by atoms with Crippen molar-refractivity contribution in [2.24, 2.45) is 0 Å². The molecule has 74 valence electrons. The molecule has 0 bridgehead atoms. The Morgan fingerprint density at radius 2 is 2.15 bits per heavy atom. The van der Waals surface area contributed by atoms with E-state index in [0.29, 0.717) is 25.9 Å². The van der Waals surface area contributed by atoms with E-state index in [1.54, 1.807) is 0 Å². The normalized spacial score (nSPS) is 9.69. The van der Waals surface area contributed by atoms with Gasteiger partial charge in [-0.1, -0.05) is 0 Å². The van der Waals surface area contributed by atoms with E-state index in [4.69, 9.17) is 5.26 Å². The van der Waals surface area contributed by atoms with Crippen molar-refractivity contribution in [2.45, 2.75) is 32.7 Å². The van der Waals surface area contributed by atoms with Crippen molar-refractivity contribution in [1.29, 1.82) is 5.26 Å². The summed E-state index contributed by atoms with van der Waals surface area (Å²) in [7, 11) is 0. The highest BCUT2D eigenvalue weighted by Gasteiger charge is 2.01. The molecule has 0 aromatic carbocycles. The molecule has 0 aliphatic carbocycles. The zero-order valence-electron chi connectivity index (χ0n) is 8.26. The first-order chi connectivity index (χ1) is 6.16. The van der Waals surface area contributed by atoms with Gasteiger partial charge >= 0.3 is 0 Å². The molecule has 0 aliphatic heterocycles. The highest BCUT2D eigenvalue weighted by molar-refractivity contribution is 5.76. The van der Waals surface area contributed by atoms with Crippen LogP contribution in [0.3, 0.4) is 0 Å². The summed E-state index contributed by atoms with van der Waals surface area (Å²) in [4.78, 5) is 11.1. The highest BCUT2D eigenvalue weighted by atomic mass is 16.1. The third-order valence-electron chi connectivity index (χ3n) is 1.39. The fourth-order valence-electron chi connectivity index (χ4n) is 0.865. The van der Waals surface area contributed by atoms with Crippen molar-refractivity contribution >= 4 is 5.91 Å². The topological polar surface area (TPSA) is 64.9 Å². The molecule has 0 fully saturated rings. The van der Waals surface area contributed by atoms with Gasteiger partial charge in [0, 0.05) is 32.0 Å². The summed E-state index contributed by atoms with van der Waals surface area (Å²) < 4.78 is 0. The molecule has 0 radical (unpaired) electrons. The van der Waals surface area contributed by atoms with Crippen LogP contribution in [0.5, 0.6) is 0 Å². The lowest BCUT2D eigenvalue weighted by molar-refractivity contribution is -0.121. The van der Waals surface area contributed by atoms with Gasteiger partial charge in [-0.15, -0.1) is 0 Å². The van der Waals surface area contributed by atoms with Gasteiger partial charge in [0.1, 0.15) is 0 Å². The van der Waals surface area contributed by atoms with Crippen LogP contribution < -0.4 is 10.6 Å². The molecular weight excluding hydrogens is 166 g/mol. The predicted octanol–water partition coefficient (Wildman–Crippen LogP) is 0.404. The molecule has 0 saturated carbocycles. The van der Waals surface area contributed by atoms with Gasteiger partial charge in [-0.2, -0.15) is 5.26 Å². The molecule has 0 atom stereocenters. The number of nitrogens with one attached hydrogen (secondary N) is 2. The van der Waals surface area contributed by atoms with Crippen LogP contribution >= 0.6 is 0 Å². The molecule has 0 unspecified atom stereocenters. The summed E-state index contributed by atoms with van der Waals surface area (Å²) >= 11 is 0. The van der Waals surface area contributed by atoms with Gasteiger partial charge in [-0.05, 0) is 13.8 Å². The van der Waals surface area contributed by atoms with E-state index < -0.39 is 0 Å². The lowest BCUT2D eigenvalue weighted by Crippen LogP contribution is -2.32. The SMILES string of the molecule is CC(C)NC(=O)CCNCCC#N. The second-order valence-electron chi connectivity index (χ2n) is 3.13. The molecule has 0 aliphatic rings. The number of carbonyl (C=O) groups is 1. The van der Waals surface area contributed by atoms with Crippen LogP contribution in [0.15, 0.2) is 0 Å². The monoisotopic (exact) mass is 183 g/mol. The fourth-order valence-corrected chi connectivity index (χ4v) is 0.865. The fraction of sp³-hybridized carbons (Fsp3) is 0.778. The standard InChI is InChI=1S/C9H17N3O/c1-8(2)12-9(13)4-7-11-6-3-5-10/h8,11H,3-4,6-7H2,1-2H3,(H,12,13). The van der Waals surface area contributed by atoms with Crippen LogP contribution in [0.4, 0.5) is 0 Å². The number of hydrogen-bond acceptors (Lipinski definition) is 3.